The van der Waals surface area contributed by atoms with Gasteiger partial charge in [0.05, 0.1) is 18.6 Å². The number of nitrogens with zero attached hydrogens (tertiary/aromatic N) is 2. The summed E-state index contributed by atoms with van der Waals surface area (Å²) >= 11 is 0. The summed E-state index contributed by atoms with van der Waals surface area (Å²) in [5.74, 6) is 0.286. The molecule has 0 aromatic heterocycles. The van der Waals surface area contributed by atoms with E-state index in [1.165, 1.54) is 0 Å². The molecule has 6 nitrogen and oxygen atoms in total. The van der Waals surface area contributed by atoms with Crippen LogP contribution in [0.1, 0.15) is 19.8 Å². The van der Waals surface area contributed by atoms with Crippen LogP contribution in [0.5, 0.6) is 0 Å². The van der Waals surface area contributed by atoms with Gasteiger partial charge < -0.3 is 19.7 Å². The maximum atomic E-state index is 13.1. The molecule has 0 spiro atoms. The van der Waals surface area contributed by atoms with Crippen LogP contribution < -0.4 is 5.32 Å². The minimum Gasteiger partial charge on any atom is -0.384 e. The van der Waals surface area contributed by atoms with Gasteiger partial charge in [0.1, 0.15) is 0 Å². The third-order valence-corrected chi connectivity index (χ3v) is 5.07. The van der Waals surface area contributed by atoms with Crippen LogP contribution in [0.25, 0.3) is 0 Å². The molecular weight excluding hydrogens is 282 g/mol. The summed E-state index contributed by atoms with van der Waals surface area (Å²) < 4.78 is 10.6. The molecular formula is C16H31N3O3. The molecule has 0 saturated carbocycles. The lowest BCUT2D eigenvalue weighted by molar-refractivity contribution is -0.150. The molecule has 2 aliphatic heterocycles. The topological polar surface area (TPSA) is 54.0 Å². The van der Waals surface area contributed by atoms with E-state index in [0.29, 0.717) is 12.6 Å². The number of amides is 1. The number of nitrogens with one attached hydrogen (secondary N) is 1. The van der Waals surface area contributed by atoms with E-state index < -0.39 is 0 Å². The smallest absolute Gasteiger partial charge is 0.231 e. The molecule has 0 bridgehead atoms. The number of methoxy groups -OCH3 is 2. The van der Waals surface area contributed by atoms with E-state index in [0.717, 1.165) is 58.7 Å². The van der Waals surface area contributed by atoms with Gasteiger partial charge in [-0.05, 0) is 32.9 Å². The molecule has 128 valence electrons. The Morgan fingerprint density at radius 2 is 1.95 bits per heavy atom. The van der Waals surface area contributed by atoms with Crippen molar-refractivity contribution in [3.63, 3.8) is 0 Å². The second-order valence-corrected chi connectivity index (χ2v) is 6.59. The molecule has 1 unspecified atom stereocenters. The summed E-state index contributed by atoms with van der Waals surface area (Å²) in [5, 5.41) is 3.35. The minimum absolute atomic E-state index is 0.286. The van der Waals surface area contributed by atoms with Crippen LogP contribution in [-0.4, -0.2) is 88.5 Å². The second-order valence-electron chi connectivity index (χ2n) is 6.59. The van der Waals surface area contributed by atoms with E-state index >= 15 is 0 Å². The zero-order valence-electron chi connectivity index (χ0n) is 14.3. The van der Waals surface area contributed by atoms with E-state index in [1.54, 1.807) is 14.2 Å². The molecule has 2 rings (SSSR count). The van der Waals surface area contributed by atoms with Gasteiger partial charge in [-0.3, -0.25) is 9.69 Å². The first kappa shape index (κ1) is 17.7. The maximum Gasteiger partial charge on any atom is 0.231 e. The van der Waals surface area contributed by atoms with Crippen molar-refractivity contribution < 1.29 is 14.3 Å². The number of rotatable bonds is 6. The van der Waals surface area contributed by atoms with E-state index in [1.807, 2.05) is 0 Å². The third kappa shape index (κ3) is 3.98. The first-order chi connectivity index (χ1) is 10.6. The fourth-order valence-corrected chi connectivity index (χ4v) is 3.66. The van der Waals surface area contributed by atoms with Crippen LogP contribution in [0.3, 0.4) is 0 Å². The molecule has 0 aliphatic carbocycles. The lowest BCUT2D eigenvalue weighted by Gasteiger charge is -2.45. The number of ether oxygens (including phenoxy) is 2. The van der Waals surface area contributed by atoms with Gasteiger partial charge in [-0.1, -0.05) is 0 Å². The van der Waals surface area contributed by atoms with Crippen molar-refractivity contribution in [2.75, 3.05) is 66.7 Å². The highest BCUT2D eigenvalue weighted by Crippen LogP contribution is 2.32. The third-order valence-electron chi connectivity index (χ3n) is 5.07. The molecule has 1 atom stereocenters. The molecule has 0 aromatic rings. The molecule has 0 aromatic carbocycles. The molecule has 2 fully saturated rings. The highest BCUT2D eigenvalue weighted by molar-refractivity contribution is 5.83. The minimum atomic E-state index is -0.325. The average molecular weight is 313 g/mol. The van der Waals surface area contributed by atoms with Gasteiger partial charge in [0, 0.05) is 46.4 Å². The van der Waals surface area contributed by atoms with Gasteiger partial charge in [-0.15, -0.1) is 0 Å². The van der Waals surface area contributed by atoms with Crippen molar-refractivity contribution in [2.24, 2.45) is 5.41 Å². The Morgan fingerprint density at radius 3 is 2.55 bits per heavy atom. The fourth-order valence-electron chi connectivity index (χ4n) is 3.66. The first-order valence-corrected chi connectivity index (χ1v) is 8.35. The maximum absolute atomic E-state index is 13.1. The Balaban J connectivity index is 1.97. The molecule has 1 amide bonds. The normalized spacial score (nSPS) is 26.1. The zero-order valence-corrected chi connectivity index (χ0v) is 14.3. The van der Waals surface area contributed by atoms with Crippen LogP contribution in [-0.2, 0) is 14.3 Å². The van der Waals surface area contributed by atoms with E-state index in [9.17, 15) is 4.79 Å². The average Bonchev–Trinajstić information content (AvgIpc) is 2.54. The SMILES string of the molecule is COCCN1CCN(C(=O)C2(COC)CCNCC2)CC1C. The molecule has 22 heavy (non-hydrogen) atoms. The zero-order chi connectivity index (χ0) is 16.0. The van der Waals surface area contributed by atoms with Crippen LogP contribution in [0.2, 0.25) is 0 Å². The molecule has 2 saturated heterocycles. The number of piperidine rings is 1. The summed E-state index contributed by atoms with van der Waals surface area (Å²) in [6.45, 7) is 8.76. The van der Waals surface area contributed by atoms with Crippen LogP contribution in [0, 0.1) is 5.41 Å². The van der Waals surface area contributed by atoms with Crippen molar-refractivity contribution >= 4 is 5.91 Å². The second kappa shape index (κ2) is 8.24. The molecule has 2 heterocycles. The predicted molar refractivity (Wildman–Crippen MR) is 85.9 cm³/mol. The Labute approximate surface area is 134 Å². The van der Waals surface area contributed by atoms with Crippen molar-refractivity contribution in [1.29, 1.82) is 0 Å². The highest BCUT2D eigenvalue weighted by atomic mass is 16.5. The summed E-state index contributed by atoms with van der Waals surface area (Å²) in [6.07, 6.45) is 1.75. The quantitative estimate of drug-likeness (QED) is 0.758. The van der Waals surface area contributed by atoms with Crippen molar-refractivity contribution in [2.45, 2.75) is 25.8 Å². The number of hydrogen-bond acceptors (Lipinski definition) is 5. The summed E-state index contributed by atoms with van der Waals surface area (Å²) in [6, 6.07) is 0.383. The highest BCUT2D eigenvalue weighted by Gasteiger charge is 2.43. The van der Waals surface area contributed by atoms with Crippen LogP contribution >= 0.6 is 0 Å². The van der Waals surface area contributed by atoms with Crippen molar-refractivity contribution in [1.82, 2.24) is 15.1 Å². The van der Waals surface area contributed by atoms with Crippen molar-refractivity contribution in [3.05, 3.63) is 0 Å². The Bertz CT molecular complexity index is 353. The van der Waals surface area contributed by atoms with E-state index in [4.69, 9.17) is 9.47 Å². The number of hydrogen-bond donors (Lipinski definition) is 1. The van der Waals surface area contributed by atoms with Gasteiger partial charge >= 0.3 is 0 Å². The Kier molecular flexibility index (Phi) is 6.62. The fraction of sp³-hybridized carbons (Fsp3) is 0.938. The lowest BCUT2D eigenvalue weighted by Crippen LogP contribution is -2.59. The van der Waals surface area contributed by atoms with Crippen molar-refractivity contribution in [3.8, 4) is 0 Å². The van der Waals surface area contributed by atoms with Gasteiger partial charge in [-0.25, -0.2) is 0 Å². The van der Waals surface area contributed by atoms with Gasteiger partial charge in [0.15, 0.2) is 0 Å². The monoisotopic (exact) mass is 313 g/mol. The summed E-state index contributed by atoms with van der Waals surface area (Å²) in [4.78, 5) is 17.6. The number of piperazine rings is 1. The molecule has 6 heteroatoms. The van der Waals surface area contributed by atoms with E-state index in [-0.39, 0.29) is 11.3 Å². The molecule has 1 N–H and O–H groups in total. The predicted octanol–water partition coefficient (Wildman–Crippen LogP) is 0.182. The van der Waals surface area contributed by atoms with E-state index in [2.05, 4.69) is 22.0 Å². The summed E-state index contributed by atoms with van der Waals surface area (Å²) in [5.41, 5.74) is -0.325. The van der Waals surface area contributed by atoms with Crippen LogP contribution in [0.4, 0.5) is 0 Å². The van der Waals surface area contributed by atoms with Gasteiger partial charge in [0.2, 0.25) is 5.91 Å². The number of carbonyl (C=O) groups excluding carboxylic acids is 1. The standard InChI is InChI=1S/C16H31N3O3/c1-14-12-19(9-8-18(14)10-11-21-2)15(20)16(13-22-3)4-6-17-7-5-16/h14,17H,4-13H2,1-3H3. The largest absolute Gasteiger partial charge is 0.384 e. The van der Waals surface area contributed by atoms with Gasteiger partial charge in [0.25, 0.3) is 0 Å². The summed E-state index contributed by atoms with van der Waals surface area (Å²) in [7, 11) is 3.43. The van der Waals surface area contributed by atoms with Crippen LogP contribution in [0.15, 0.2) is 0 Å². The molecule has 2 aliphatic rings. The first-order valence-electron chi connectivity index (χ1n) is 8.35. The Morgan fingerprint density at radius 1 is 1.23 bits per heavy atom. The Hall–Kier alpha value is -0.690. The van der Waals surface area contributed by atoms with Gasteiger partial charge in [-0.2, -0.15) is 0 Å². The lowest BCUT2D eigenvalue weighted by atomic mass is 9.78. The molecule has 0 radical (unpaired) electrons. The number of carbonyl (C=O) groups is 1.